The van der Waals surface area contributed by atoms with Crippen LogP contribution in [0.4, 0.5) is 0 Å². The molecule has 0 aromatic rings. The molecule has 5 nitrogen and oxygen atoms in total. The molecule has 0 radical (unpaired) electrons. The molecule has 0 aromatic carbocycles. The van der Waals surface area contributed by atoms with Crippen LogP contribution in [0.5, 0.6) is 0 Å². The van der Waals surface area contributed by atoms with Crippen molar-refractivity contribution in [2.45, 2.75) is 6.92 Å². The Morgan fingerprint density at radius 2 is 2.14 bits per heavy atom. The van der Waals surface area contributed by atoms with Gasteiger partial charge in [0.1, 0.15) is 5.78 Å². The van der Waals surface area contributed by atoms with Gasteiger partial charge in [0.05, 0.1) is 6.26 Å². The van der Waals surface area contributed by atoms with Crippen molar-refractivity contribution in [3.8, 4) is 0 Å². The highest BCUT2D eigenvalue weighted by Crippen LogP contribution is 2.10. The van der Waals surface area contributed by atoms with Crippen molar-refractivity contribution in [3.63, 3.8) is 0 Å². The van der Waals surface area contributed by atoms with Crippen molar-refractivity contribution in [3.05, 3.63) is 0 Å². The predicted molar refractivity (Wildman–Crippen MR) is 53.4 cm³/mol. The molecule has 1 aliphatic rings. The molecule has 1 fully saturated rings. The monoisotopic (exact) mass is 220 g/mol. The zero-order valence-corrected chi connectivity index (χ0v) is 9.23. The van der Waals surface area contributed by atoms with Gasteiger partial charge in [0.15, 0.2) is 0 Å². The van der Waals surface area contributed by atoms with Crippen LogP contribution in [0.2, 0.25) is 0 Å². The van der Waals surface area contributed by atoms with Crippen LogP contribution in [-0.4, -0.2) is 40.1 Å². The summed E-state index contributed by atoms with van der Waals surface area (Å²) in [4.78, 5) is 11.6. The van der Waals surface area contributed by atoms with E-state index in [0.29, 0.717) is 13.1 Å². The normalized spacial score (nSPS) is 29.1. The van der Waals surface area contributed by atoms with E-state index in [-0.39, 0.29) is 24.2 Å². The Morgan fingerprint density at radius 1 is 1.50 bits per heavy atom. The van der Waals surface area contributed by atoms with Crippen LogP contribution in [0, 0.1) is 11.8 Å². The van der Waals surface area contributed by atoms with E-state index >= 15 is 0 Å². The van der Waals surface area contributed by atoms with Crippen LogP contribution in [0.15, 0.2) is 0 Å². The van der Waals surface area contributed by atoms with Crippen molar-refractivity contribution in [2.75, 3.05) is 25.9 Å². The van der Waals surface area contributed by atoms with E-state index in [0.717, 1.165) is 6.26 Å². The zero-order valence-electron chi connectivity index (χ0n) is 8.41. The van der Waals surface area contributed by atoms with Crippen molar-refractivity contribution in [2.24, 2.45) is 11.8 Å². The minimum atomic E-state index is -3.19. The van der Waals surface area contributed by atoms with Crippen LogP contribution >= 0.6 is 0 Å². The van der Waals surface area contributed by atoms with Gasteiger partial charge in [-0.3, -0.25) is 4.79 Å². The van der Waals surface area contributed by atoms with Crippen LogP contribution in [0.3, 0.4) is 0 Å². The maximum absolute atomic E-state index is 11.6. The molecule has 2 unspecified atom stereocenters. The molecule has 6 heteroatoms. The first-order chi connectivity index (χ1) is 6.40. The molecule has 2 atom stereocenters. The highest BCUT2D eigenvalue weighted by Gasteiger charge is 2.28. The van der Waals surface area contributed by atoms with E-state index < -0.39 is 10.0 Å². The van der Waals surface area contributed by atoms with Crippen molar-refractivity contribution >= 4 is 15.8 Å². The molecule has 1 saturated heterocycles. The lowest BCUT2D eigenvalue weighted by atomic mass is 9.90. The van der Waals surface area contributed by atoms with Gasteiger partial charge in [0, 0.05) is 31.5 Å². The molecule has 1 aliphatic heterocycles. The molecule has 2 N–H and O–H groups in total. The third kappa shape index (κ3) is 3.36. The number of rotatable bonds is 3. The standard InChI is InChI=1S/C8H16N2O3S/c1-6-3-9-4-7(8(6)11)5-10-14(2,12)13/h6-7,9-10H,3-5H2,1-2H3. The molecule has 0 amide bonds. The number of carbonyl (C=O) groups is 1. The van der Waals surface area contributed by atoms with Crippen molar-refractivity contribution in [1.29, 1.82) is 0 Å². The number of hydrogen-bond acceptors (Lipinski definition) is 4. The largest absolute Gasteiger partial charge is 0.315 e. The summed E-state index contributed by atoms with van der Waals surface area (Å²) in [5.74, 6) is -0.108. The second-order valence-corrected chi connectivity index (χ2v) is 5.61. The number of hydrogen-bond donors (Lipinski definition) is 2. The summed E-state index contributed by atoms with van der Waals surface area (Å²) in [6, 6.07) is 0. The summed E-state index contributed by atoms with van der Waals surface area (Å²) in [5.41, 5.74) is 0. The van der Waals surface area contributed by atoms with Gasteiger partial charge in [-0.2, -0.15) is 0 Å². The number of Topliss-reactive ketones (excluding diaryl/α,β-unsaturated/α-hetero) is 1. The maximum Gasteiger partial charge on any atom is 0.208 e. The second kappa shape index (κ2) is 4.37. The highest BCUT2D eigenvalue weighted by molar-refractivity contribution is 7.88. The summed E-state index contributed by atoms with van der Waals surface area (Å²) in [7, 11) is -3.19. The van der Waals surface area contributed by atoms with Crippen LogP contribution in [0.1, 0.15) is 6.92 Å². The minimum Gasteiger partial charge on any atom is -0.315 e. The first kappa shape index (κ1) is 11.6. The van der Waals surface area contributed by atoms with Gasteiger partial charge in [-0.1, -0.05) is 6.92 Å². The van der Waals surface area contributed by atoms with Gasteiger partial charge in [-0.15, -0.1) is 0 Å². The number of carbonyl (C=O) groups excluding carboxylic acids is 1. The Bertz CT molecular complexity index is 313. The minimum absolute atomic E-state index is 0.0184. The lowest BCUT2D eigenvalue weighted by Gasteiger charge is -2.26. The van der Waals surface area contributed by atoms with Crippen LogP contribution in [0.25, 0.3) is 0 Å². The van der Waals surface area contributed by atoms with Gasteiger partial charge in [-0.25, -0.2) is 13.1 Å². The third-order valence-electron chi connectivity index (χ3n) is 2.32. The fourth-order valence-electron chi connectivity index (χ4n) is 1.50. The van der Waals surface area contributed by atoms with Gasteiger partial charge in [0.25, 0.3) is 0 Å². The number of piperidine rings is 1. The van der Waals surface area contributed by atoms with E-state index in [9.17, 15) is 13.2 Å². The quantitative estimate of drug-likeness (QED) is 0.637. The van der Waals surface area contributed by atoms with Crippen molar-refractivity contribution in [1.82, 2.24) is 10.0 Å². The highest BCUT2D eigenvalue weighted by atomic mass is 32.2. The third-order valence-corrected chi connectivity index (χ3v) is 3.01. The molecule has 0 spiro atoms. The molecule has 0 bridgehead atoms. The number of ketones is 1. The Labute approximate surface area is 84.3 Å². The summed E-state index contributed by atoms with van der Waals surface area (Å²) in [6.07, 6.45) is 1.09. The van der Waals surface area contributed by atoms with Gasteiger partial charge in [-0.05, 0) is 0 Å². The summed E-state index contributed by atoms with van der Waals surface area (Å²) < 4.78 is 24.0. The molecule has 14 heavy (non-hydrogen) atoms. The first-order valence-electron chi connectivity index (χ1n) is 4.59. The molecule has 0 aliphatic carbocycles. The Hall–Kier alpha value is -0.460. The molecular formula is C8H16N2O3S. The zero-order chi connectivity index (χ0) is 10.8. The Kier molecular flexibility index (Phi) is 3.63. The fraction of sp³-hybridized carbons (Fsp3) is 0.875. The van der Waals surface area contributed by atoms with E-state index in [1.54, 1.807) is 0 Å². The molecule has 1 rings (SSSR count). The molecule has 0 aromatic heterocycles. The molecule has 82 valence electrons. The second-order valence-electron chi connectivity index (χ2n) is 3.78. The Morgan fingerprint density at radius 3 is 2.71 bits per heavy atom. The summed E-state index contributed by atoms with van der Waals surface area (Å²) in [5, 5.41) is 3.10. The lowest BCUT2D eigenvalue weighted by Crippen LogP contribution is -2.47. The average molecular weight is 220 g/mol. The van der Waals surface area contributed by atoms with Crippen LogP contribution in [-0.2, 0) is 14.8 Å². The smallest absolute Gasteiger partial charge is 0.208 e. The molecular weight excluding hydrogens is 204 g/mol. The summed E-state index contributed by atoms with van der Waals surface area (Å²) in [6.45, 7) is 3.30. The SMILES string of the molecule is CC1CNCC(CNS(C)(=O)=O)C1=O. The van der Waals surface area contributed by atoms with E-state index in [4.69, 9.17) is 0 Å². The van der Waals surface area contributed by atoms with Gasteiger partial charge in [0.2, 0.25) is 10.0 Å². The number of nitrogens with one attached hydrogen (secondary N) is 2. The van der Waals surface area contributed by atoms with Crippen molar-refractivity contribution < 1.29 is 13.2 Å². The molecule has 0 saturated carbocycles. The predicted octanol–water partition coefficient (Wildman–Crippen LogP) is -1.04. The average Bonchev–Trinajstić information content (AvgIpc) is 2.06. The lowest BCUT2D eigenvalue weighted by molar-refractivity contribution is -0.127. The topological polar surface area (TPSA) is 75.3 Å². The van der Waals surface area contributed by atoms with Crippen LogP contribution < -0.4 is 10.0 Å². The van der Waals surface area contributed by atoms with Gasteiger partial charge >= 0.3 is 0 Å². The maximum atomic E-state index is 11.6. The van der Waals surface area contributed by atoms with E-state index in [2.05, 4.69) is 10.0 Å². The Balaban J connectivity index is 2.48. The number of sulfonamides is 1. The van der Waals surface area contributed by atoms with E-state index in [1.807, 2.05) is 6.92 Å². The fourth-order valence-corrected chi connectivity index (χ4v) is 2.01. The summed E-state index contributed by atoms with van der Waals surface area (Å²) >= 11 is 0. The van der Waals surface area contributed by atoms with Gasteiger partial charge < -0.3 is 5.32 Å². The molecule has 1 heterocycles. The first-order valence-corrected chi connectivity index (χ1v) is 6.48. The van der Waals surface area contributed by atoms with E-state index in [1.165, 1.54) is 0 Å².